The van der Waals surface area contributed by atoms with Gasteiger partial charge in [0, 0.05) is 18.0 Å². The summed E-state index contributed by atoms with van der Waals surface area (Å²) in [7, 11) is 0. The molecule has 0 aliphatic heterocycles. The highest BCUT2D eigenvalue weighted by molar-refractivity contribution is 5.81. The third-order valence-electron chi connectivity index (χ3n) is 2.37. The van der Waals surface area contributed by atoms with Gasteiger partial charge in [0.15, 0.2) is 0 Å². The number of hydrogen-bond acceptors (Lipinski definition) is 3. The summed E-state index contributed by atoms with van der Waals surface area (Å²) in [6, 6.07) is 7.57. The second-order valence-electron chi connectivity index (χ2n) is 3.30. The smallest absolute Gasteiger partial charge is 0.134 e. The second-order valence-corrected chi connectivity index (χ2v) is 3.30. The maximum absolute atomic E-state index is 8.82. The molecule has 0 amide bonds. The third-order valence-corrected chi connectivity index (χ3v) is 2.37. The standard InChI is InChI=1S/C11H13NO2/c12-10(4-6-13)8-2-1-3-11-9(8)5-7-14-11/h1-3,5,7,10,13H,4,6,12H2/t10-/m0/s1. The van der Waals surface area contributed by atoms with Gasteiger partial charge in [0.2, 0.25) is 0 Å². The fourth-order valence-electron chi connectivity index (χ4n) is 1.64. The zero-order valence-corrected chi connectivity index (χ0v) is 7.81. The molecule has 1 aromatic heterocycles. The molecule has 2 aromatic rings. The average molecular weight is 191 g/mol. The van der Waals surface area contributed by atoms with Crippen molar-refractivity contribution < 1.29 is 9.52 Å². The first-order valence-corrected chi connectivity index (χ1v) is 4.65. The quantitative estimate of drug-likeness (QED) is 0.777. The lowest BCUT2D eigenvalue weighted by molar-refractivity contribution is 0.277. The molecule has 0 bridgehead atoms. The highest BCUT2D eigenvalue weighted by Gasteiger charge is 2.10. The normalized spacial score (nSPS) is 13.3. The van der Waals surface area contributed by atoms with Crippen molar-refractivity contribution in [3.63, 3.8) is 0 Å². The van der Waals surface area contributed by atoms with Gasteiger partial charge in [-0.2, -0.15) is 0 Å². The molecule has 3 N–H and O–H groups in total. The van der Waals surface area contributed by atoms with Crippen LogP contribution in [0.25, 0.3) is 11.0 Å². The number of hydrogen-bond donors (Lipinski definition) is 2. The molecule has 0 saturated heterocycles. The van der Waals surface area contributed by atoms with Crippen LogP contribution in [-0.4, -0.2) is 11.7 Å². The first kappa shape index (κ1) is 9.24. The van der Waals surface area contributed by atoms with Crippen LogP contribution in [0.4, 0.5) is 0 Å². The number of aliphatic hydroxyl groups excluding tert-OH is 1. The van der Waals surface area contributed by atoms with Gasteiger partial charge in [-0.05, 0) is 24.1 Å². The minimum atomic E-state index is -0.124. The number of rotatable bonds is 3. The minimum absolute atomic E-state index is 0.107. The fraction of sp³-hybridized carbons (Fsp3) is 0.273. The second kappa shape index (κ2) is 3.82. The summed E-state index contributed by atoms with van der Waals surface area (Å²) in [6.07, 6.45) is 2.23. The molecule has 14 heavy (non-hydrogen) atoms. The zero-order valence-electron chi connectivity index (χ0n) is 7.81. The van der Waals surface area contributed by atoms with E-state index < -0.39 is 0 Å². The van der Waals surface area contributed by atoms with Crippen LogP contribution in [0.3, 0.4) is 0 Å². The maximum atomic E-state index is 8.82. The van der Waals surface area contributed by atoms with Crippen LogP contribution in [0.15, 0.2) is 34.9 Å². The van der Waals surface area contributed by atoms with Gasteiger partial charge in [0.25, 0.3) is 0 Å². The van der Waals surface area contributed by atoms with E-state index in [1.54, 1.807) is 6.26 Å². The van der Waals surface area contributed by atoms with Gasteiger partial charge in [-0.25, -0.2) is 0 Å². The predicted octanol–water partition coefficient (Wildman–Crippen LogP) is 1.81. The minimum Gasteiger partial charge on any atom is -0.464 e. The zero-order chi connectivity index (χ0) is 9.97. The van der Waals surface area contributed by atoms with Crippen LogP contribution in [0.1, 0.15) is 18.0 Å². The maximum Gasteiger partial charge on any atom is 0.134 e. The lowest BCUT2D eigenvalue weighted by Crippen LogP contribution is -2.11. The molecule has 2 rings (SSSR count). The molecule has 0 fully saturated rings. The molecule has 0 aliphatic rings. The summed E-state index contributed by atoms with van der Waals surface area (Å²) in [5.74, 6) is 0. The first-order valence-electron chi connectivity index (χ1n) is 4.65. The molecule has 74 valence electrons. The summed E-state index contributed by atoms with van der Waals surface area (Å²) in [6.45, 7) is 0.107. The Bertz CT molecular complexity index is 422. The van der Waals surface area contributed by atoms with E-state index in [2.05, 4.69) is 0 Å². The van der Waals surface area contributed by atoms with Crippen LogP contribution in [0.2, 0.25) is 0 Å². The number of furan rings is 1. The van der Waals surface area contributed by atoms with Crippen molar-refractivity contribution >= 4 is 11.0 Å². The average Bonchev–Trinajstić information content (AvgIpc) is 2.65. The van der Waals surface area contributed by atoms with Gasteiger partial charge in [0.05, 0.1) is 6.26 Å². The van der Waals surface area contributed by atoms with E-state index >= 15 is 0 Å². The lowest BCUT2D eigenvalue weighted by atomic mass is 10.0. The molecule has 0 aliphatic carbocycles. The van der Waals surface area contributed by atoms with Crippen molar-refractivity contribution in [3.8, 4) is 0 Å². The third kappa shape index (κ3) is 1.52. The van der Waals surface area contributed by atoms with Crippen molar-refractivity contribution in [1.29, 1.82) is 0 Å². The SMILES string of the molecule is N[C@@H](CCO)c1cccc2occc12. The van der Waals surface area contributed by atoms with Crippen molar-refractivity contribution in [2.24, 2.45) is 5.73 Å². The Labute approximate surface area is 82.1 Å². The van der Waals surface area contributed by atoms with Gasteiger partial charge in [-0.1, -0.05) is 12.1 Å². The summed E-state index contributed by atoms with van der Waals surface area (Å²) in [4.78, 5) is 0. The van der Waals surface area contributed by atoms with E-state index in [4.69, 9.17) is 15.3 Å². The molecule has 0 unspecified atom stereocenters. The lowest BCUT2D eigenvalue weighted by Gasteiger charge is -2.10. The summed E-state index contributed by atoms with van der Waals surface area (Å²) in [5, 5.41) is 9.85. The van der Waals surface area contributed by atoms with E-state index in [-0.39, 0.29) is 12.6 Å². The van der Waals surface area contributed by atoms with E-state index in [0.29, 0.717) is 6.42 Å². The van der Waals surface area contributed by atoms with Crippen molar-refractivity contribution in [2.75, 3.05) is 6.61 Å². The van der Waals surface area contributed by atoms with E-state index in [0.717, 1.165) is 16.5 Å². The number of aliphatic hydroxyl groups is 1. The van der Waals surface area contributed by atoms with Crippen molar-refractivity contribution in [2.45, 2.75) is 12.5 Å². The molecule has 1 aromatic carbocycles. The highest BCUT2D eigenvalue weighted by Crippen LogP contribution is 2.25. The Hall–Kier alpha value is -1.32. The summed E-state index contributed by atoms with van der Waals surface area (Å²) in [5.41, 5.74) is 7.81. The van der Waals surface area contributed by atoms with Crippen molar-refractivity contribution in [1.82, 2.24) is 0 Å². The molecule has 1 atom stereocenters. The molecule has 3 nitrogen and oxygen atoms in total. The molecule has 0 radical (unpaired) electrons. The van der Waals surface area contributed by atoms with Crippen LogP contribution in [-0.2, 0) is 0 Å². The van der Waals surface area contributed by atoms with Gasteiger partial charge in [-0.3, -0.25) is 0 Å². The van der Waals surface area contributed by atoms with Gasteiger partial charge >= 0.3 is 0 Å². The van der Waals surface area contributed by atoms with E-state index in [1.165, 1.54) is 0 Å². The van der Waals surface area contributed by atoms with E-state index in [1.807, 2.05) is 24.3 Å². The van der Waals surface area contributed by atoms with Crippen LogP contribution < -0.4 is 5.73 Å². The summed E-state index contributed by atoms with van der Waals surface area (Å²) < 4.78 is 5.27. The van der Waals surface area contributed by atoms with Crippen LogP contribution in [0.5, 0.6) is 0 Å². The van der Waals surface area contributed by atoms with E-state index in [9.17, 15) is 0 Å². The Kier molecular flexibility index (Phi) is 2.52. The first-order chi connectivity index (χ1) is 6.83. The predicted molar refractivity (Wildman–Crippen MR) is 54.8 cm³/mol. The molecule has 0 saturated carbocycles. The van der Waals surface area contributed by atoms with Crippen LogP contribution in [0, 0.1) is 0 Å². The Morgan fingerprint density at radius 2 is 2.21 bits per heavy atom. The largest absolute Gasteiger partial charge is 0.464 e. The fourth-order valence-corrected chi connectivity index (χ4v) is 1.64. The summed E-state index contributed by atoms with van der Waals surface area (Å²) >= 11 is 0. The Morgan fingerprint density at radius 3 is 3.00 bits per heavy atom. The monoisotopic (exact) mass is 191 g/mol. The molecular formula is C11H13NO2. The molecule has 0 spiro atoms. The molecular weight excluding hydrogens is 178 g/mol. The van der Waals surface area contributed by atoms with Gasteiger partial charge < -0.3 is 15.3 Å². The van der Waals surface area contributed by atoms with Crippen LogP contribution >= 0.6 is 0 Å². The molecule has 1 heterocycles. The Balaban J connectivity index is 2.45. The van der Waals surface area contributed by atoms with Gasteiger partial charge in [-0.15, -0.1) is 0 Å². The highest BCUT2D eigenvalue weighted by atomic mass is 16.3. The molecule has 3 heteroatoms. The number of benzene rings is 1. The number of nitrogens with two attached hydrogens (primary N) is 1. The number of fused-ring (bicyclic) bond motifs is 1. The topological polar surface area (TPSA) is 59.4 Å². The van der Waals surface area contributed by atoms with Gasteiger partial charge in [0.1, 0.15) is 5.58 Å². The Morgan fingerprint density at radius 1 is 1.36 bits per heavy atom. The van der Waals surface area contributed by atoms with Crippen molar-refractivity contribution in [3.05, 3.63) is 36.1 Å².